The molecule has 0 unspecified atom stereocenters. The smallest absolute Gasteiger partial charge is 0.261 e. The lowest BCUT2D eigenvalue weighted by Gasteiger charge is -2.10. The average Bonchev–Trinajstić information content (AvgIpc) is 2.62. The number of benzene rings is 3. The van der Waals surface area contributed by atoms with Crippen LogP contribution in [-0.4, -0.2) is 14.3 Å². The van der Waals surface area contributed by atoms with Crippen LogP contribution < -0.4 is 10.0 Å². The average molecular weight is 421 g/mol. The molecule has 3 rings (SSSR count). The number of carbonyl (C=O) groups excluding carboxylic acids is 1. The van der Waals surface area contributed by atoms with Crippen molar-refractivity contribution in [3.63, 3.8) is 0 Å². The van der Waals surface area contributed by atoms with Gasteiger partial charge in [0.15, 0.2) is 0 Å². The molecule has 138 valence electrons. The lowest BCUT2D eigenvalue weighted by atomic mass is 10.2. The Morgan fingerprint density at radius 3 is 2.11 bits per heavy atom. The molecule has 0 fully saturated rings. The van der Waals surface area contributed by atoms with E-state index in [0.717, 1.165) is 0 Å². The van der Waals surface area contributed by atoms with Crippen LogP contribution in [0.25, 0.3) is 0 Å². The van der Waals surface area contributed by atoms with Crippen molar-refractivity contribution in [2.24, 2.45) is 0 Å². The van der Waals surface area contributed by atoms with Gasteiger partial charge in [-0.2, -0.15) is 0 Å². The van der Waals surface area contributed by atoms with E-state index in [2.05, 4.69) is 10.0 Å². The zero-order valence-corrected chi connectivity index (χ0v) is 16.1. The molecule has 2 N–H and O–H groups in total. The quantitative estimate of drug-likeness (QED) is 0.606. The zero-order valence-electron chi connectivity index (χ0n) is 13.8. The summed E-state index contributed by atoms with van der Waals surface area (Å²) in [6.07, 6.45) is 0. The molecule has 5 nitrogen and oxygen atoms in total. The third-order valence-corrected chi connectivity index (χ3v) is 5.57. The first-order chi connectivity index (χ1) is 12.8. The first-order valence-corrected chi connectivity index (χ1v) is 10.0. The molecule has 8 heteroatoms. The predicted molar refractivity (Wildman–Crippen MR) is 108 cm³/mol. The molecule has 0 saturated heterocycles. The fraction of sp³-hybridized carbons (Fsp3) is 0. The summed E-state index contributed by atoms with van der Waals surface area (Å²) < 4.78 is 27.3. The Kier molecular flexibility index (Phi) is 5.70. The Bertz CT molecular complexity index is 1070. The van der Waals surface area contributed by atoms with Crippen LogP contribution in [0.1, 0.15) is 10.4 Å². The first kappa shape index (κ1) is 19.2. The van der Waals surface area contributed by atoms with Crippen molar-refractivity contribution in [1.82, 2.24) is 0 Å². The van der Waals surface area contributed by atoms with E-state index < -0.39 is 15.9 Å². The second-order valence-electron chi connectivity index (χ2n) is 5.57. The van der Waals surface area contributed by atoms with Crippen LogP contribution in [0, 0.1) is 0 Å². The maximum atomic E-state index is 12.4. The Morgan fingerprint density at radius 2 is 1.48 bits per heavy atom. The summed E-state index contributed by atoms with van der Waals surface area (Å²) in [5.74, 6) is -0.422. The van der Waals surface area contributed by atoms with E-state index in [1.165, 1.54) is 36.4 Å². The molecule has 0 aromatic heterocycles. The molecule has 1 amide bonds. The molecule has 0 aliphatic rings. The van der Waals surface area contributed by atoms with Crippen LogP contribution in [0.3, 0.4) is 0 Å². The van der Waals surface area contributed by atoms with Gasteiger partial charge in [0.05, 0.1) is 15.5 Å². The standard InChI is InChI=1S/C19H14Cl2N2O3S/c20-13-6-11-17(18(21)12-13)19(24)22-14-7-9-16(10-8-14)27(25,26)23-15-4-2-1-3-5-15/h1-12,23H,(H,22,24). The van der Waals surface area contributed by atoms with Gasteiger partial charge in [-0.3, -0.25) is 9.52 Å². The summed E-state index contributed by atoms with van der Waals surface area (Å²) >= 11 is 11.8. The third-order valence-electron chi connectivity index (χ3n) is 3.62. The first-order valence-electron chi connectivity index (χ1n) is 7.79. The number of para-hydroxylation sites is 1. The molecule has 0 aliphatic carbocycles. The summed E-state index contributed by atoms with van der Waals surface area (Å²) in [7, 11) is -3.72. The second kappa shape index (κ2) is 8.00. The van der Waals surface area contributed by atoms with Gasteiger partial charge in [-0.15, -0.1) is 0 Å². The van der Waals surface area contributed by atoms with Gasteiger partial charge in [-0.1, -0.05) is 41.4 Å². The van der Waals surface area contributed by atoms with Gasteiger partial charge in [0.1, 0.15) is 0 Å². The van der Waals surface area contributed by atoms with E-state index in [9.17, 15) is 13.2 Å². The van der Waals surface area contributed by atoms with Gasteiger partial charge in [0.2, 0.25) is 0 Å². The number of rotatable bonds is 5. The van der Waals surface area contributed by atoms with E-state index in [-0.39, 0.29) is 15.5 Å². The number of hydrogen-bond acceptors (Lipinski definition) is 3. The Balaban J connectivity index is 1.74. The Morgan fingerprint density at radius 1 is 0.815 bits per heavy atom. The Labute approximate surface area is 167 Å². The van der Waals surface area contributed by atoms with Crippen LogP contribution in [0.15, 0.2) is 77.7 Å². The number of sulfonamides is 1. The second-order valence-corrected chi connectivity index (χ2v) is 8.10. The topological polar surface area (TPSA) is 75.3 Å². The van der Waals surface area contributed by atoms with Crippen LogP contribution in [0.4, 0.5) is 11.4 Å². The molecule has 27 heavy (non-hydrogen) atoms. The van der Waals surface area contributed by atoms with Gasteiger partial charge in [0, 0.05) is 16.4 Å². The minimum absolute atomic E-state index is 0.0777. The number of amides is 1. The molecular weight excluding hydrogens is 407 g/mol. The SMILES string of the molecule is O=C(Nc1ccc(S(=O)(=O)Nc2ccccc2)cc1)c1ccc(Cl)cc1Cl. The van der Waals surface area contributed by atoms with E-state index in [1.54, 1.807) is 36.4 Å². The molecule has 0 spiro atoms. The summed E-state index contributed by atoms with van der Waals surface area (Å²) in [6, 6.07) is 18.9. The van der Waals surface area contributed by atoms with Crippen molar-refractivity contribution in [1.29, 1.82) is 0 Å². The molecular formula is C19H14Cl2N2O3S. The number of hydrogen-bond donors (Lipinski definition) is 2. The minimum atomic E-state index is -3.72. The van der Waals surface area contributed by atoms with E-state index in [0.29, 0.717) is 16.4 Å². The van der Waals surface area contributed by atoms with E-state index in [4.69, 9.17) is 23.2 Å². The largest absolute Gasteiger partial charge is 0.322 e. The fourth-order valence-corrected chi connectivity index (χ4v) is 3.86. The summed E-state index contributed by atoms with van der Waals surface area (Å²) in [5.41, 5.74) is 1.17. The van der Waals surface area contributed by atoms with Gasteiger partial charge in [-0.05, 0) is 54.6 Å². The monoisotopic (exact) mass is 420 g/mol. The van der Waals surface area contributed by atoms with E-state index in [1.807, 2.05) is 0 Å². The highest BCUT2D eigenvalue weighted by Crippen LogP contribution is 2.23. The van der Waals surface area contributed by atoms with Crippen LogP contribution in [0.2, 0.25) is 10.0 Å². The molecule has 3 aromatic carbocycles. The molecule has 0 atom stereocenters. The number of halogens is 2. The van der Waals surface area contributed by atoms with Crippen LogP contribution in [-0.2, 0) is 10.0 Å². The van der Waals surface area contributed by atoms with Crippen molar-refractivity contribution in [3.05, 3.63) is 88.4 Å². The summed E-state index contributed by atoms with van der Waals surface area (Å²) in [4.78, 5) is 12.4. The summed E-state index contributed by atoms with van der Waals surface area (Å²) in [6.45, 7) is 0. The zero-order chi connectivity index (χ0) is 19.4. The van der Waals surface area contributed by atoms with Crippen LogP contribution >= 0.6 is 23.2 Å². The van der Waals surface area contributed by atoms with E-state index >= 15 is 0 Å². The van der Waals surface area contributed by atoms with Crippen LogP contribution in [0.5, 0.6) is 0 Å². The van der Waals surface area contributed by atoms with Crippen molar-refractivity contribution >= 4 is 50.5 Å². The van der Waals surface area contributed by atoms with Crippen molar-refractivity contribution in [3.8, 4) is 0 Å². The normalized spacial score (nSPS) is 11.0. The van der Waals surface area contributed by atoms with Crippen molar-refractivity contribution in [2.45, 2.75) is 4.90 Å². The molecule has 3 aromatic rings. The van der Waals surface area contributed by atoms with Crippen molar-refractivity contribution in [2.75, 3.05) is 10.0 Å². The maximum Gasteiger partial charge on any atom is 0.261 e. The molecule has 0 saturated carbocycles. The van der Waals surface area contributed by atoms with Gasteiger partial charge in [-0.25, -0.2) is 8.42 Å². The fourth-order valence-electron chi connectivity index (χ4n) is 2.31. The highest BCUT2D eigenvalue weighted by atomic mass is 35.5. The predicted octanol–water partition coefficient (Wildman–Crippen LogP) is 5.05. The third kappa shape index (κ3) is 4.80. The van der Waals surface area contributed by atoms with Gasteiger partial charge < -0.3 is 5.32 Å². The molecule has 0 heterocycles. The number of anilines is 2. The number of carbonyl (C=O) groups is 1. The lowest BCUT2D eigenvalue weighted by Crippen LogP contribution is -2.14. The number of nitrogens with one attached hydrogen (secondary N) is 2. The van der Waals surface area contributed by atoms with Gasteiger partial charge in [0.25, 0.3) is 15.9 Å². The van der Waals surface area contributed by atoms with Crippen molar-refractivity contribution < 1.29 is 13.2 Å². The molecule has 0 bridgehead atoms. The van der Waals surface area contributed by atoms with Gasteiger partial charge >= 0.3 is 0 Å². The molecule has 0 radical (unpaired) electrons. The Hall–Kier alpha value is -2.54. The maximum absolute atomic E-state index is 12.4. The highest BCUT2D eigenvalue weighted by Gasteiger charge is 2.15. The highest BCUT2D eigenvalue weighted by molar-refractivity contribution is 7.92. The minimum Gasteiger partial charge on any atom is -0.322 e. The molecule has 0 aliphatic heterocycles. The lowest BCUT2D eigenvalue weighted by molar-refractivity contribution is 0.102. The summed E-state index contributed by atoms with van der Waals surface area (Å²) in [5, 5.41) is 3.32.